The second kappa shape index (κ2) is 8.73. The second-order valence-corrected chi connectivity index (χ2v) is 9.96. The maximum absolute atomic E-state index is 14.0. The predicted octanol–water partition coefficient (Wildman–Crippen LogP) is 7.02. The number of rotatable bonds is 4. The molecule has 0 aliphatic rings. The van der Waals surface area contributed by atoms with E-state index in [4.69, 9.17) is 9.40 Å². The van der Waals surface area contributed by atoms with Gasteiger partial charge in [0.05, 0.1) is 16.8 Å². The van der Waals surface area contributed by atoms with Gasteiger partial charge in [-0.1, -0.05) is 78.1 Å². The predicted molar refractivity (Wildman–Crippen MR) is 146 cm³/mol. The number of aromatic nitrogens is 1. The van der Waals surface area contributed by atoms with Crippen LogP contribution in [0.15, 0.2) is 94.1 Å². The van der Waals surface area contributed by atoms with Crippen LogP contribution in [0, 0.1) is 13.8 Å². The van der Waals surface area contributed by atoms with Gasteiger partial charge in [-0.25, -0.2) is 9.78 Å². The maximum atomic E-state index is 14.0. The Balaban J connectivity index is 1.53. The molecular formula is C30H22N2O3S. The number of hydrogen-bond donors (Lipinski definition) is 0. The summed E-state index contributed by atoms with van der Waals surface area (Å²) in [5.74, 6) is -0.434. The Bertz CT molecular complexity index is 1840. The average Bonchev–Trinajstić information content (AvgIpc) is 3.31. The first kappa shape index (κ1) is 22.2. The van der Waals surface area contributed by atoms with E-state index in [2.05, 4.69) is 12.1 Å². The molecule has 6 rings (SSSR count). The highest BCUT2D eigenvalue weighted by atomic mass is 32.1. The van der Waals surface area contributed by atoms with E-state index < -0.39 is 11.5 Å². The molecule has 0 spiro atoms. The van der Waals surface area contributed by atoms with Crippen LogP contribution in [0.1, 0.15) is 27.0 Å². The molecule has 0 aliphatic carbocycles. The Morgan fingerprint density at radius 1 is 0.917 bits per heavy atom. The molecule has 0 saturated carbocycles. The summed E-state index contributed by atoms with van der Waals surface area (Å²) in [5.41, 5.74) is 3.78. The zero-order valence-electron chi connectivity index (χ0n) is 19.8. The molecule has 6 aromatic rings. The van der Waals surface area contributed by atoms with Crippen molar-refractivity contribution in [1.82, 2.24) is 4.98 Å². The van der Waals surface area contributed by atoms with Crippen molar-refractivity contribution in [2.75, 3.05) is 4.90 Å². The average molecular weight is 491 g/mol. The highest BCUT2D eigenvalue weighted by Crippen LogP contribution is 2.33. The van der Waals surface area contributed by atoms with Crippen molar-refractivity contribution < 1.29 is 9.21 Å². The van der Waals surface area contributed by atoms with Crippen LogP contribution in [0.2, 0.25) is 0 Å². The highest BCUT2D eigenvalue weighted by molar-refractivity contribution is 7.22. The third kappa shape index (κ3) is 3.85. The van der Waals surface area contributed by atoms with E-state index in [-0.39, 0.29) is 12.1 Å². The molecule has 6 heteroatoms. The Labute approximate surface area is 211 Å². The minimum atomic E-state index is -0.658. The Hall–Kier alpha value is -4.29. The number of carbonyl (C=O) groups excluding carboxylic acids is 1. The second-order valence-electron chi connectivity index (χ2n) is 8.95. The summed E-state index contributed by atoms with van der Waals surface area (Å²) in [6.07, 6.45) is 0. The summed E-state index contributed by atoms with van der Waals surface area (Å²) in [6, 6.07) is 27.1. The molecule has 0 aliphatic heterocycles. The molecule has 1 amide bonds. The van der Waals surface area contributed by atoms with Gasteiger partial charge in [0.2, 0.25) is 0 Å². The van der Waals surface area contributed by atoms with Crippen molar-refractivity contribution in [2.24, 2.45) is 0 Å². The van der Waals surface area contributed by atoms with Crippen molar-refractivity contribution in [2.45, 2.75) is 20.4 Å². The van der Waals surface area contributed by atoms with E-state index in [1.54, 1.807) is 17.0 Å². The van der Waals surface area contributed by atoms with Gasteiger partial charge in [-0.15, -0.1) is 0 Å². The van der Waals surface area contributed by atoms with Gasteiger partial charge >= 0.3 is 5.63 Å². The lowest BCUT2D eigenvalue weighted by molar-refractivity contribution is 0.0981. The molecule has 0 bridgehead atoms. The number of nitrogens with zero attached hydrogens (tertiary/aromatic N) is 2. The van der Waals surface area contributed by atoms with Gasteiger partial charge in [0.1, 0.15) is 11.1 Å². The van der Waals surface area contributed by atoms with E-state index in [1.807, 2.05) is 74.5 Å². The Kier molecular flexibility index (Phi) is 5.38. The van der Waals surface area contributed by atoms with Gasteiger partial charge in [-0.05, 0) is 59.5 Å². The standard InChI is InChI=1S/C30H22N2O3S/c1-18-14-19(2)27-26(15-18)36-30(31-27)32(17-20-8-4-3-5-9-20)28(33)24-16-23-22-11-7-6-10-21(22)12-13-25(23)35-29(24)34/h3-16H,17H2,1-2H3. The molecule has 0 unspecified atom stereocenters. The Morgan fingerprint density at radius 3 is 2.53 bits per heavy atom. The summed E-state index contributed by atoms with van der Waals surface area (Å²) >= 11 is 1.45. The van der Waals surface area contributed by atoms with E-state index in [9.17, 15) is 9.59 Å². The third-order valence-electron chi connectivity index (χ3n) is 6.35. The van der Waals surface area contributed by atoms with Crippen LogP contribution in [0.3, 0.4) is 0 Å². The zero-order valence-corrected chi connectivity index (χ0v) is 20.6. The van der Waals surface area contributed by atoms with Crippen LogP contribution in [-0.4, -0.2) is 10.9 Å². The lowest BCUT2D eigenvalue weighted by atomic mass is 10.0. The van der Waals surface area contributed by atoms with Crippen LogP contribution >= 0.6 is 11.3 Å². The maximum Gasteiger partial charge on any atom is 0.349 e. The number of aryl methyl sites for hydroxylation is 2. The lowest BCUT2D eigenvalue weighted by Gasteiger charge is -2.20. The zero-order chi connectivity index (χ0) is 24.8. The van der Waals surface area contributed by atoms with Crippen LogP contribution < -0.4 is 10.5 Å². The van der Waals surface area contributed by atoms with Gasteiger partial charge in [-0.3, -0.25) is 9.69 Å². The van der Waals surface area contributed by atoms with Gasteiger partial charge < -0.3 is 4.42 Å². The number of hydrogen-bond acceptors (Lipinski definition) is 5. The molecule has 0 N–H and O–H groups in total. The van der Waals surface area contributed by atoms with E-state index in [0.29, 0.717) is 10.7 Å². The van der Waals surface area contributed by atoms with E-state index in [0.717, 1.165) is 43.1 Å². The fraction of sp³-hybridized carbons (Fsp3) is 0.100. The first-order valence-electron chi connectivity index (χ1n) is 11.7. The molecule has 0 saturated heterocycles. The van der Waals surface area contributed by atoms with E-state index in [1.165, 1.54) is 11.3 Å². The number of benzene rings is 4. The molecule has 0 fully saturated rings. The van der Waals surface area contributed by atoms with E-state index >= 15 is 0 Å². The van der Waals surface area contributed by atoms with Gasteiger partial charge in [0.25, 0.3) is 5.91 Å². The van der Waals surface area contributed by atoms with Gasteiger partial charge in [0.15, 0.2) is 5.13 Å². The van der Waals surface area contributed by atoms with Crippen molar-refractivity contribution in [3.05, 3.63) is 118 Å². The van der Waals surface area contributed by atoms with Gasteiger partial charge in [0, 0.05) is 5.39 Å². The minimum absolute atomic E-state index is 0.0121. The number of amides is 1. The fourth-order valence-electron chi connectivity index (χ4n) is 4.63. The fourth-order valence-corrected chi connectivity index (χ4v) is 5.77. The summed E-state index contributed by atoms with van der Waals surface area (Å²) in [7, 11) is 0. The molecule has 36 heavy (non-hydrogen) atoms. The summed E-state index contributed by atoms with van der Waals surface area (Å²) in [6.45, 7) is 4.35. The smallest absolute Gasteiger partial charge is 0.349 e. The number of anilines is 1. The monoisotopic (exact) mass is 490 g/mol. The number of thiazole rings is 1. The van der Waals surface area contributed by atoms with Crippen LogP contribution in [0.25, 0.3) is 32.0 Å². The first-order chi connectivity index (χ1) is 17.5. The van der Waals surface area contributed by atoms with Crippen molar-refractivity contribution in [1.29, 1.82) is 0 Å². The quantitative estimate of drug-likeness (QED) is 0.197. The summed E-state index contributed by atoms with van der Waals surface area (Å²) in [5, 5.41) is 3.21. The topological polar surface area (TPSA) is 63.4 Å². The molecule has 4 aromatic carbocycles. The SMILES string of the molecule is Cc1cc(C)c2nc(N(Cc3ccccc3)C(=O)c3cc4c(ccc5ccccc54)oc3=O)sc2c1. The number of fused-ring (bicyclic) bond motifs is 4. The molecular weight excluding hydrogens is 468 g/mol. The molecule has 0 radical (unpaired) electrons. The molecule has 2 heterocycles. The molecule has 5 nitrogen and oxygen atoms in total. The minimum Gasteiger partial charge on any atom is -0.422 e. The normalized spacial score (nSPS) is 11.4. The Morgan fingerprint density at radius 2 is 1.69 bits per heavy atom. The van der Waals surface area contributed by atoms with Crippen molar-refractivity contribution in [3.63, 3.8) is 0 Å². The van der Waals surface area contributed by atoms with Crippen molar-refractivity contribution >= 4 is 54.3 Å². The van der Waals surface area contributed by atoms with Crippen LogP contribution in [-0.2, 0) is 6.54 Å². The van der Waals surface area contributed by atoms with Gasteiger partial charge in [-0.2, -0.15) is 0 Å². The molecule has 2 aromatic heterocycles. The summed E-state index contributed by atoms with van der Waals surface area (Å²) in [4.78, 5) is 33.5. The largest absolute Gasteiger partial charge is 0.422 e. The van der Waals surface area contributed by atoms with Crippen molar-refractivity contribution in [3.8, 4) is 0 Å². The number of carbonyl (C=O) groups is 1. The third-order valence-corrected chi connectivity index (χ3v) is 7.38. The summed E-state index contributed by atoms with van der Waals surface area (Å²) < 4.78 is 6.64. The van der Waals surface area contributed by atoms with Crippen LogP contribution in [0.4, 0.5) is 5.13 Å². The molecule has 0 atom stereocenters. The first-order valence-corrected chi connectivity index (χ1v) is 12.5. The highest BCUT2D eigenvalue weighted by Gasteiger charge is 2.26. The molecule has 176 valence electrons. The van der Waals surface area contributed by atoms with Crippen LogP contribution in [0.5, 0.6) is 0 Å². The lowest BCUT2D eigenvalue weighted by Crippen LogP contribution is -2.33.